The topological polar surface area (TPSA) is 130 Å². The van der Waals surface area contributed by atoms with E-state index in [9.17, 15) is 21.6 Å². The molecule has 0 radical (unpaired) electrons. The first-order chi connectivity index (χ1) is 17.1. The molecule has 1 fully saturated rings. The van der Waals surface area contributed by atoms with Gasteiger partial charge in [-0.05, 0) is 18.6 Å². The van der Waals surface area contributed by atoms with Gasteiger partial charge >= 0.3 is 6.18 Å². The Balaban J connectivity index is 1.68. The first-order valence-corrected chi connectivity index (χ1v) is 12.9. The number of aromatic amines is 1. The highest BCUT2D eigenvalue weighted by atomic mass is 32.2. The fourth-order valence-corrected chi connectivity index (χ4v) is 5.23. The Labute approximate surface area is 205 Å². The summed E-state index contributed by atoms with van der Waals surface area (Å²) in [6.07, 6.45) is -2.14. The summed E-state index contributed by atoms with van der Waals surface area (Å²) in [4.78, 5) is 11.0. The molecule has 2 aromatic heterocycles. The average molecular weight is 529 g/mol. The lowest BCUT2D eigenvalue weighted by Gasteiger charge is -2.24. The van der Waals surface area contributed by atoms with Crippen molar-refractivity contribution in [2.45, 2.75) is 36.3 Å². The minimum absolute atomic E-state index is 0.000986. The maximum absolute atomic E-state index is 13.5. The molecule has 1 saturated heterocycles. The number of unbranched alkanes of at least 4 members (excludes halogenated alkanes) is 1. The Morgan fingerprint density at radius 3 is 2.75 bits per heavy atom. The number of methoxy groups -OCH3 is 1. The third-order valence-electron chi connectivity index (χ3n) is 5.65. The molecule has 0 saturated carbocycles. The predicted molar refractivity (Wildman–Crippen MR) is 128 cm³/mol. The molecule has 36 heavy (non-hydrogen) atoms. The van der Waals surface area contributed by atoms with Crippen LogP contribution in [0.2, 0.25) is 0 Å². The van der Waals surface area contributed by atoms with Crippen molar-refractivity contribution < 1.29 is 31.1 Å². The van der Waals surface area contributed by atoms with Crippen LogP contribution in [0.5, 0.6) is 5.75 Å². The number of rotatable bonds is 9. The molecule has 4 N–H and O–H groups in total. The van der Waals surface area contributed by atoms with Gasteiger partial charge in [0.2, 0.25) is 15.8 Å². The number of ether oxygens (including phenoxy) is 2. The van der Waals surface area contributed by atoms with Gasteiger partial charge in [0.25, 0.3) is 0 Å². The van der Waals surface area contributed by atoms with Crippen molar-refractivity contribution in [3.8, 4) is 5.75 Å². The third-order valence-corrected chi connectivity index (χ3v) is 7.55. The summed E-state index contributed by atoms with van der Waals surface area (Å²) in [6, 6.07) is 4.23. The van der Waals surface area contributed by atoms with Crippen molar-refractivity contribution in [1.82, 2.24) is 20.3 Å². The van der Waals surface area contributed by atoms with Crippen LogP contribution >= 0.6 is 0 Å². The first kappa shape index (κ1) is 26.0. The highest BCUT2D eigenvalue weighted by molar-refractivity contribution is 7.92. The quantitative estimate of drug-likeness (QED) is 0.307. The van der Waals surface area contributed by atoms with Gasteiger partial charge in [-0.2, -0.15) is 23.1 Å². The van der Waals surface area contributed by atoms with Crippen molar-refractivity contribution in [1.29, 1.82) is 0 Å². The van der Waals surface area contributed by atoms with Crippen molar-refractivity contribution in [2.24, 2.45) is 0 Å². The fourth-order valence-electron chi connectivity index (χ4n) is 3.79. The SMILES string of the molecule is CCCCNc1nc(Nc2ccc(S(=O)(=O)C3CNCCO3)cc2OC)nc2[nH]cc(C(F)(F)F)c12. The normalized spacial score (nSPS) is 16.8. The monoisotopic (exact) mass is 528 g/mol. The Hall–Kier alpha value is -3.10. The molecule has 196 valence electrons. The number of halogens is 3. The summed E-state index contributed by atoms with van der Waals surface area (Å²) in [6.45, 7) is 3.42. The zero-order valence-electron chi connectivity index (χ0n) is 19.7. The van der Waals surface area contributed by atoms with E-state index in [-0.39, 0.29) is 46.6 Å². The largest absolute Gasteiger partial charge is 0.495 e. The molecular formula is C22H27F3N6O4S. The molecule has 0 spiro atoms. The Kier molecular flexibility index (Phi) is 7.57. The molecule has 1 aliphatic rings. The molecule has 3 aromatic rings. The van der Waals surface area contributed by atoms with E-state index in [1.807, 2.05) is 6.92 Å². The van der Waals surface area contributed by atoms with Crippen LogP contribution in [-0.4, -0.2) is 62.2 Å². The number of alkyl halides is 3. The number of nitrogens with one attached hydrogen (secondary N) is 4. The summed E-state index contributed by atoms with van der Waals surface area (Å²) in [5.41, 5.74) is -1.55. The molecule has 1 aliphatic heterocycles. The number of aromatic nitrogens is 3. The number of hydrogen-bond donors (Lipinski definition) is 4. The summed E-state index contributed by atoms with van der Waals surface area (Å²) in [5, 5.41) is 8.73. The van der Waals surface area contributed by atoms with Crippen LogP contribution in [0.1, 0.15) is 25.3 Å². The molecule has 10 nitrogen and oxygen atoms in total. The van der Waals surface area contributed by atoms with Gasteiger partial charge in [-0.3, -0.25) is 0 Å². The van der Waals surface area contributed by atoms with Gasteiger partial charge in [-0.15, -0.1) is 0 Å². The maximum Gasteiger partial charge on any atom is 0.418 e. The van der Waals surface area contributed by atoms with Gasteiger partial charge in [0.05, 0.1) is 35.2 Å². The van der Waals surface area contributed by atoms with Crippen LogP contribution in [0.15, 0.2) is 29.3 Å². The zero-order valence-corrected chi connectivity index (χ0v) is 20.5. The standard InChI is InChI=1S/C22H27F3N6O4S/c1-3-4-7-27-19-18-14(22(23,24)25)11-28-20(18)31-21(30-19)29-15-6-5-13(10-16(15)34-2)36(32,33)17-12-26-8-9-35-17/h5-6,10-11,17,26H,3-4,7-9,12H2,1-2H3,(H3,27,28,29,30,31). The van der Waals surface area contributed by atoms with E-state index in [0.29, 0.717) is 18.8 Å². The second-order valence-corrected chi connectivity index (χ2v) is 10.2. The number of H-pyrrole nitrogens is 1. The number of anilines is 3. The molecule has 0 bridgehead atoms. The molecule has 1 atom stereocenters. The van der Waals surface area contributed by atoms with E-state index in [1.165, 1.54) is 25.3 Å². The average Bonchev–Trinajstić information content (AvgIpc) is 3.30. The van der Waals surface area contributed by atoms with E-state index in [2.05, 4.69) is 30.9 Å². The fraction of sp³-hybridized carbons (Fsp3) is 0.455. The van der Waals surface area contributed by atoms with Crippen molar-refractivity contribution in [3.05, 3.63) is 30.0 Å². The minimum Gasteiger partial charge on any atom is -0.495 e. The molecule has 1 aromatic carbocycles. The smallest absolute Gasteiger partial charge is 0.418 e. The van der Waals surface area contributed by atoms with Gasteiger partial charge in [-0.25, -0.2) is 8.42 Å². The van der Waals surface area contributed by atoms with Crippen LogP contribution < -0.4 is 20.7 Å². The Morgan fingerprint density at radius 1 is 1.28 bits per heavy atom. The Morgan fingerprint density at radius 2 is 2.08 bits per heavy atom. The Bertz CT molecular complexity index is 1320. The van der Waals surface area contributed by atoms with Gasteiger partial charge in [-0.1, -0.05) is 13.3 Å². The summed E-state index contributed by atoms with van der Waals surface area (Å²) < 4.78 is 77.3. The number of nitrogens with zero attached hydrogens (tertiary/aromatic N) is 2. The first-order valence-electron chi connectivity index (χ1n) is 11.4. The molecule has 4 rings (SSSR count). The molecule has 0 amide bonds. The van der Waals surface area contributed by atoms with Crippen LogP contribution in [0, 0.1) is 0 Å². The maximum atomic E-state index is 13.5. The number of morpholine rings is 1. The second-order valence-electron chi connectivity index (χ2n) is 8.14. The van der Waals surface area contributed by atoms with Gasteiger partial charge in [0.15, 0.2) is 5.44 Å². The molecule has 3 heterocycles. The number of sulfone groups is 1. The summed E-state index contributed by atoms with van der Waals surface area (Å²) >= 11 is 0. The van der Waals surface area contributed by atoms with E-state index in [1.54, 1.807) is 0 Å². The van der Waals surface area contributed by atoms with E-state index in [4.69, 9.17) is 9.47 Å². The van der Waals surface area contributed by atoms with E-state index in [0.717, 1.165) is 19.0 Å². The number of fused-ring (bicyclic) bond motifs is 1. The van der Waals surface area contributed by atoms with Gasteiger partial charge in [0.1, 0.15) is 17.2 Å². The van der Waals surface area contributed by atoms with Crippen molar-refractivity contribution >= 4 is 38.3 Å². The van der Waals surface area contributed by atoms with Crippen LogP contribution in [0.25, 0.3) is 11.0 Å². The molecular weight excluding hydrogens is 501 g/mol. The van der Waals surface area contributed by atoms with Gasteiger partial charge < -0.3 is 30.4 Å². The van der Waals surface area contributed by atoms with Gasteiger partial charge in [0, 0.05) is 31.9 Å². The van der Waals surface area contributed by atoms with Crippen molar-refractivity contribution in [3.63, 3.8) is 0 Å². The lowest BCUT2D eigenvalue weighted by atomic mass is 10.2. The molecule has 14 heteroatoms. The van der Waals surface area contributed by atoms with E-state index < -0.39 is 27.0 Å². The second kappa shape index (κ2) is 10.5. The predicted octanol–water partition coefficient (Wildman–Crippen LogP) is 3.66. The van der Waals surface area contributed by atoms with E-state index >= 15 is 0 Å². The zero-order chi connectivity index (χ0) is 25.9. The highest BCUT2D eigenvalue weighted by Crippen LogP contribution is 2.38. The number of benzene rings is 1. The van der Waals surface area contributed by atoms with Crippen molar-refractivity contribution in [2.75, 3.05) is 44.0 Å². The molecule has 1 unspecified atom stereocenters. The lowest BCUT2D eigenvalue weighted by Crippen LogP contribution is -2.43. The number of hydrogen-bond acceptors (Lipinski definition) is 9. The molecule has 0 aliphatic carbocycles. The van der Waals surface area contributed by atoms with Crippen LogP contribution in [-0.2, 0) is 20.8 Å². The minimum atomic E-state index is -4.58. The summed E-state index contributed by atoms with van der Waals surface area (Å²) in [7, 11) is -2.42. The lowest BCUT2D eigenvalue weighted by molar-refractivity contribution is -0.136. The highest BCUT2D eigenvalue weighted by Gasteiger charge is 2.36. The van der Waals surface area contributed by atoms with Crippen LogP contribution in [0.3, 0.4) is 0 Å². The van der Waals surface area contributed by atoms with Crippen LogP contribution in [0.4, 0.5) is 30.6 Å². The summed E-state index contributed by atoms with van der Waals surface area (Å²) in [5.74, 6) is 0.224. The third kappa shape index (κ3) is 5.34.